The number of nitrogens with one attached hydrogen (secondary N) is 2. The summed E-state index contributed by atoms with van der Waals surface area (Å²) < 4.78 is 43.4. The minimum atomic E-state index is -0.887. The molecule has 2 aromatic carbocycles. The molecule has 11 heteroatoms. The van der Waals surface area contributed by atoms with E-state index in [1.165, 1.54) is 24.8 Å². The molecule has 3 aromatic heterocycles. The Morgan fingerprint density at radius 2 is 1.84 bits per heavy atom. The molecule has 2 N–H and O–H groups in total. The molecule has 0 aliphatic heterocycles. The number of hydrogen-bond donors (Lipinski definition) is 2. The summed E-state index contributed by atoms with van der Waals surface area (Å²) in [5.41, 5.74) is 0.144. The maximum Gasteiger partial charge on any atom is 0.269 e. The zero-order chi connectivity index (χ0) is 22.4. The van der Waals surface area contributed by atoms with Crippen molar-refractivity contribution < 1.29 is 13.2 Å². The molecule has 5 aromatic rings. The third-order valence-electron chi connectivity index (χ3n) is 4.94. The normalized spacial score (nSPS) is 12.4. The van der Waals surface area contributed by atoms with Gasteiger partial charge in [-0.3, -0.25) is 9.36 Å². The molecule has 0 radical (unpaired) electrons. The number of aromatic nitrogens is 6. The van der Waals surface area contributed by atoms with Gasteiger partial charge in [-0.25, -0.2) is 33.1 Å². The second-order valence-corrected chi connectivity index (χ2v) is 7.06. The molecule has 0 saturated heterocycles. The van der Waals surface area contributed by atoms with Crippen molar-refractivity contribution >= 4 is 27.9 Å². The number of imidazole rings is 1. The zero-order valence-corrected chi connectivity index (χ0v) is 16.5. The third-order valence-corrected chi connectivity index (χ3v) is 4.94. The van der Waals surface area contributed by atoms with Crippen molar-refractivity contribution in [1.29, 1.82) is 0 Å². The first-order valence-electron chi connectivity index (χ1n) is 9.50. The molecule has 0 unspecified atom stereocenters. The lowest BCUT2D eigenvalue weighted by Crippen LogP contribution is -2.28. The highest BCUT2D eigenvalue weighted by Crippen LogP contribution is 2.25. The average Bonchev–Trinajstić information content (AvgIpc) is 3.22. The summed E-state index contributed by atoms with van der Waals surface area (Å²) in [7, 11) is 0. The van der Waals surface area contributed by atoms with E-state index in [2.05, 4.69) is 30.2 Å². The number of fused-ring (bicyclic) bond motifs is 2. The van der Waals surface area contributed by atoms with Crippen LogP contribution in [0.3, 0.4) is 0 Å². The van der Waals surface area contributed by atoms with Crippen LogP contribution in [0.25, 0.3) is 27.8 Å². The lowest BCUT2D eigenvalue weighted by atomic mass is 10.2. The van der Waals surface area contributed by atoms with Crippen LogP contribution in [0.15, 0.2) is 53.8 Å². The molecule has 0 bridgehead atoms. The number of H-pyrrole nitrogens is 1. The Kier molecular flexibility index (Phi) is 4.58. The van der Waals surface area contributed by atoms with Crippen molar-refractivity contribution in [3.05, 3.63) is 82.7 Å². The second-order valence-electron chi connectivity index (χ2n) is 7.06. The average molecular weight is 437 g/mol. The molecule has 3 heterocycles. The Morgan fingerprint density at radius 1 is 1.06 bits per heavy atom. The predicted molar refractivity (Wildman–Crippen MR) is 111 cm³/mol. The first-order chi connectivity index (χ1) is 15.4. The smallest absolute Gasteiger partial charge is 0.269 e. The van der Waals surface area contributed by atoms with Crippen LogP contribution in [-0.2, 0) is 0 Å². The van der Waals surface area contributed by atoms with Crippen molar-refractivity contribution in [2.45, 2.75) is 13.0 Å². The Labute approximate surface area is 177 Å². The van der Waals surface area contributed by atoms with E-state index in [0.29, 0.717) is 23.0 Å². The van der Waals surface area contributed by atoms with Gasteiger partial charge in [0.2, 0.25) is 0 Å². The first kappa shape index (κ1) is 19.7. The number of anilines is 1. The second kappa shape index (κ2) is 7.45. The molecule has 0 saturated carbocycles. The fraction of sp³-hybridized carbons (Fsp3) is 0.0952. The van der Waals surface area contributed by atoms with Crippen LogP contribution >= 0.6 is 0 Å². The molecule has 0 spiro atoms. The summed E-state index contributed by atoms with van der Waals surface area (Å²) in [6.07, 6.45) is 2.77. The Bertz CT molecular complexity index is 1530. The summed E-state index contributed by atoms with van der Waals surface area (Å²) in [6.45, 7) is 1.68. The van der Waals surface area contributed by atoms with E-state index in [1.807, 2.05) is 0 Å². The molecule has 0 aliphatic rings. The van der Waals surface area contributed by atoms with Gasteiger partial charge in [-0.15, -0.1) is 0 Å². The highest BCUT2D eigenvalue weighted by atomic mass is 19.1. The van der Waals surface area contributed by atoms with E-state index in [9.17, 15) is 18.0 Å². The molecular formula is C21H14F3N7O. The topological polar surface area (TPSA) is 101 Å². The molecule has 0 amide bonds. The number of rotatable bonds is 4. The minimum absolute atomic E-state index is 0.101. The summed E-state index contributed by atoms with van der Waals surface area (Å²) in [6, 6.07) is 5.99. The molecule has 0 aliphatic carbocycles. The van der Waals surface area contributed by atoms with Gasteiger partial charge in [-0.2, -0.15) is 0 Å². The van der Waals surface area contributed by atoms with E-state index >= 15 is 0 Å². The molecule has 5 rings (SSSR count). The number of halogens is 3. The van der Waals surface area contributed by atoms with E-state index in [-0.39, 0.29) is 22.4 Å². The van der Waals surface area contributed by atoms with E-state index in [1.54, 1.807) is 6.92 Å². The summed E-state index contributed by atoms with van der Waals surface area (Å²) in [5.74, 6) is -2.08. The van der Waals surface area contributed by atoms with Crippen LogP contribution in [0.5, 0.6) is 0 Å². The molecular weight excluding hydrogens is 423 g/mol. The molecule has 8 nitrogen and oxygen atoms in total. The largest absolute Gasteiger partial charge is 0.358 e. The highest BCUT2D eigenvalue weighted by molar-refractivity contribution is 5.82. The van der Waals surface area contributed by atoms with Crippen molar-refractivity contribution in [3.63, 3.8) is 0 Å². The number of hydrogen-bond acceptors (Lipinski definition) is 6. The van der Waals surface area contributed by atoms with Gasteiger partial charge in [0.05, 0.1) is 23.6 Å². The SMILES string of the molecule is C[C@@H](Nc1ncnc2nc[nH]c12)c1nc2cccc(F)c2c(=O)n1-c1cc(F)cc(F)c1. The fourth-order valence-corrected chi connectivity index (χ4v) is 3.56. The third kappa shape index (κ3) is 3.23. The summed E-state index contributed by atoms with van der Waals surface area (Å²) in [4.78, 5) is 32.9. The van der Waals surface area contributed by atoms with Crippen molar-refractivity contribution in [2.75, 3.05) is 5.32 Å². The van der Waals surface area contributed by atoms with E-state index in [4.69, 9.17) is 0 Å². The standard InChI is InChI=1S/C21H14F3N7O/c1-10(29-19-17-18(26-8-25-17)27-9-28-19)20-30-15-4-2-3-14(24)16(15)21(32)31(20)13-6-11(22)5-12(23)7-13/h2-10H,1H3,(H2,25,26,27,28,29)/t10-/m1/s1. The predicted octanol–water partition coefficient (Wildman–Crippen LogP) is 3.64. The Morgan fingerprint density at radius 3 is 2.62 bits per heavy atom. The Balaban J connectivity index is 1.74. The fourth-order valence-electron chi connectivity index (χ4n) is 3.56. The maximum absolute atomic E-state index is 14.5. The van der Waals surface area contributed by atoms with Gasteiger partial charge in [0.1, 0.15) is 40.5 Å². The number of benzene rings is 2. The van der Waals surface area contributed by atoms with Crippen LogP contribution in [0.2, 0.25) is 0 Å². The van der Waals surface area contributed by atoms with Crippen LogP contribution in [0, 0.1) is 17.5 Å². The molecule has 160 valence electrons. The van der Waals surface area contributed by atoms with Gasteiger partial charge in [0, 0.05) is 6.07 Å². The van der Waals surface area contributed by atoms with Crippen molar-refractivity contribution in [2.24, 2.45) is 0 Å². The van der Waals surface area contributed by atoms with Gasteiger partial charge < -0.3 is 10.3 Å². The monoisotopic (exact) mass is 437 g/mol. The van der Waals surface area contributed by atoms with Crippen LogP contribution in [0.4, 0.5) is 19.0 Å². The van der Waals surface area contributed by atoms with Crippen LogP contribution in [0.1, 0.15) is 18.8 Å². The first-order valence-corrected chi connectivity index (χ1v) is 9.50. The molecule has 32 heavy (non-hydrogen) atoms. The van der Waals surface area contributed by atoms with Crippen LogP contribution in [-0.4, -0.2) is 29.5 Å². The quantitative estimate of drug-likeness (QED) is 0.445. The van der Waals surface area contributed by atoms with Crippen molar-refractivity contribution in [1.82, 2.24) is 29.5 Å². The number of nitrogens with zero attached hydrogens (tertiary/aromatic N) is 5. The van der Waals surface area contributed by atoms with Crippen LogP contribution < -0.4 is 10.9 Å². The summed E-state index contributed by atoms with van der Waals surface area (Å²) >= 11 is 0. The lowest BCUT2D eigenvalue weighted by Gasteiger charge is -2.20. The van der Waals surface area contributed by atoms with Gasteiger partial charge >= 0.3 is 0 Å². The minimum Gasteiger partial charge on any atom is -0.358 e. The lowest BCUT2D eigenvalue weighted by molar-refractivity contribution is 0.579. The van der Waals surface area contributed by atoms with Gasteiger partial charge in [0.25, 0.3) is 5.56 Å². The van der Waals surface area contributed by atoms with Gasteiger partial charge in [-0.05, 0) is 31.2 Å². The maximum atomic E-state index is 14.5. The number of aromatic amines is 1. The molecule has 1 atom stereocenters. The highest BCUT2D eigenvalue weighted by Gasteiger charge is 2.22. The van der Waals surface area contributed by atoms with E-state index < -0.39 is 29.1 Å². The van der Waals surface area contributed by atoms with Crippen molar-refractivity contribution in [3.8, 4) is 5.69 Å². The zero-order valence-electron chi connectivity index (χ0n) is 16.5. The summed E-state index contributed by atoms with van der Waals surface area (Å²) in [5, 5.41) is 2.82. The molecule has 0 fully saturated rings. The van der Waals surface area contributed by atoms with E-state index in [0.717, 1.165) is 22.8 Å². The Hall–Kier alpha value is -4.28. The van der Waals surface area contributed by atoms with Gasteiger partial charge in [-0.1, -0.05) is 6.07 Å². The van der Waals surface area contributed by atoms with Gasteiger partial charge in [0.15, 0.2) is 11.5 Å².